The van der Waals surface area contributed by atoms with Crippen molar-refractivity contribution in [3.63, 3.8) is 0 Å². The Morgan fingerprint density at radius 1 is 0.720 bits per heavy atom. The van der Waals surface area contributed by atoms with Crippen molar-refractivity contribution in [2.75, 3.05) is 16.0 Å². The van der Waals surface area contributed by atoms with Crippen molar-refractivity contribution in [2.24, 2.45) is 17.3 Å². The Bertz CT molecular complexity index is 618. The van der Waals surface area contributed by atoms with Gasteiger partial charge in [-0.15, -0.1) is 0 Å². The van der Waals surface area contributed by atoms with E-state index in [0.29, 0.717) is 17.1 Å². The molecule has 6 heteroatoms. The van der Waals surface area contributed by atoms with Crippen LogP contribution in [0.1, 0.15) is 48.5 Å². The molecule has 0 heterocycles. The van der Waals surface area contributed by atoms with Gasteiger partial charge in [0.15, 0.2) is 0 Å². The van der Waals surface area contributed by atoms with Gasteiger partial charge in [-0.05, 0) is 18.2 Å². The van der Waals surface area contributed by atoms with Gasteiger partial charge in [0, 0.05) is 34.3 Å². The van der Waals surface area contributed by atoms with Crippen molar-refractivity contribution in [2.45, 2.75) is 48.5 Å². The fourth-order valence-electron chi connectivity index (χ4n) is 1.74. The summed E-state index contributed by atoms with van der Waals surface area (Å²) in [5.74, 6) is -0.787. The van der Waals surface area contributed by atoms with E-state index in [2.05, 4.69) is 16.0 Å². The normalized spacial score (nSPS) is 11.4. The van der Waals surface area contributed by atoms with E-state index in [1.54, 1.807) is 45.9 Å². The largest absolute Gasteiger partial charge is 0.326 e. The van der Waals surface area contributed by atoms with Gasteiger partial charge in [-0.1, -0.05) is 48.5 Å². The maximum absolute atomic E-state index is 12.2. The van der Waals surface area contributed by atoms with E-state index in [0.717, 1.165) is 0 Å². The summed E-state index contributed by atoms with van der Waals surface area (Å²) >= 11 is 0. The number of carbonyl (C=O) groups is 3. The van der Waals surface area contributed by atoms with Crippen LogP contribution in [0.15, 0.2) is 18.2 Å². The molecule has 0 aliphatic rings. The average molecular weight is 347 g/mol. The summed E-state index contributed by atoms with van der Waals surface area (Å²) < 4.78 is 0. The van der Waals surface area contributed by atoms with Crippen molar-refractivity contribution in [1.29, 1.82) is 0 Å². The molecule has 0 aliphatic heterocycles. The van der Waals surface area contributed by atoms with Crippen LogP contribution in [0.5, 0.6) is 0 Å². The lowest BCUT2D eigenvalue weighted by Crippen LogP contribution is -2.28. The van der Waals surface area contributed by atoms with Gasteiger partial charge in [-0.3, -0.25) is 14.4 Å². The smallest absolute Gasteiger partial charge is 0.229 e. The third-order valence-corrected chi connectivity index (χ3v) is 3.46. The molecule has 0 aliphatic carbocycles. The van der Waals surface area contributed by atoms with Gasteiger partial charge in [0.05, 0.1) is 0 Å². The maximum atomic E-state index is 12.2. The van der Waals surface area contributed by atoms with Crippen LogP contribution in [0.3, 0.4) is 0 Å². The predicted octanol–water partition coefficient (Wildman–Crippen LogP) is 3.86. The van der Waals surface area contributed by atoms with Crippen molar-refractivity contribution in [3.8, 4) is 0 Å². The predicted molar refractivity (Wildman–Crippen MR) is 101 cm³/mol. The quantitative estimate of drug-likeness (QED) is 0.756. The van der Waals surface area contributed by atoms with Crippen LogP contribution in [0.2, 0.25) is 0 Å². The van der Waals surface area contributed by atoms with E-state index in [1.807, 2.05) is 20.8 Å². The highest BCUT2D eigenvalue weighted by Gasteiger charge is 2.22. The Morgan fingerprint density at radius 2 is 1.04 bits per heavy atom. The summed E-state index contributed by atoms with van der Waals surface area (Å²) in [5.41, 5.74) is 0.993. The molecule has 1 rings (SSSR count). The molecule has 0 radical (unpaired) electrons. The summed E-state index contributed by atoms with van der Waals surface area (Å²) in [6.07, 6.45) is 0. The van der Waals surface area contributed by atoms with E-state index >= 15 is 0 Å². The lowest BCUT2D eigenvalue weighted by molar-refractivity contribution is -0.123. The minimum Gasteiger partial charge on any atom is -0.326 e. The number of nitrogens with one attached hydrogen (secondary N) is 3. The first-order valence-electron chi connectivity index (χ1n) is 8.48. The molecule has 3 N–H and O–H groups in total. The number of hydrogen-bond acceptors (Lipinski definition) is 3. The number of hydrogen-bond donors (Lipinski definition) is 3. The molecule has 3 amide bonds. The van der Waals surface area contributed by atoms with Gasteiger partial charge >= 0.3 is 0 Å². The number of amides is 3. The molecule has 0 saturated carbocycles. The monoisotopic (exact) mass is 347 g/mol. The summed E-state index contributed by atoms with van der Waals surface area (Å²) in [6, 6.07) is 5.03. The fraction of sp³-hybridized carbons (Fsp3) is 0.526. The van der Waals surface area contributed by atoms with E-state index in [-0.39, 0.29) is 29.6 Å². The Hall–Kier alpha value is -2.37. The first-order valence-corrected chi connectivity index (χ1v) is 8.48. The summed E-state index contributed by atoms with van der Waals surface area (Å²) in [4.78, 5) is 36.2. The second-order valence-electron chi connectivity index (χ2n) is 7.79. The molecular formula is C19H29N3O3. The van der Waals surface area contributed by atoms with Crippen LogP contribution >= 0.6 is 0 Å². The van der Waals surface area contributed by atoms with Crippen LogP contribution in [0.4, 0.5) is 17.1 Å². The second-order valence-corrected chi connectivity index (χ2v) is 7.79. The molecule has 0 atom stereocenters. The van der Waals surface area contributed by atoms with Gasteiger partial charge in [-0.25, -0.2) is 0 Å². The first kappa shape index (κ1) is 20.7. The summed E-state index contributed by atoms with van der Waals surface area (Å²) in [5, 5.41) is 8.42. The van der Waals surface area contributed by atoms with E-state index in [9.17, 15) is 14.4 Å². The highest BCUT2D eigenvalue weighted by molar-refractivity contribution is 5.99. The third-order valence-electron chi connectivity index (χ3n) is 3.46. The third kappa shape index (κ3) is 6.57. The number of anilines is 3. The second kappa shape index (κ2) is 8.14. The number of carbonyl (C=O) groups excluding carboxylic acids is 3. The van der Waals surface area contributed by atoms with E-state index in [1.165, 1.54) is 0 Å². The van der Waals surface area contributed by atoms with Gasteiger partial charge in [0.1, 0.15) is 0 Å². The molecule has 6 nitrogen and oxygen atoms in total. The lowest BCUT2D eigenvalue weighted by Gasteiger charge is -2.19. The molecule has 25 heavy (non-hydrogen) atoms. The maximum Gasteiger partial charge on any atom is 0.229 e. The fourth-order valence-corrected chi connectivity index (χ4v) is 1.74. The summed E-state index contributed by atoms with van der Waals surface area (Å²) in [6.45, 7) is 12.6. The highest BCUT2D eigenvalue weighted by atomic mass is 16.2. The van der Waals surface area contributed by atoms with Gasteiger partial charge in [0.2, 0.25) is 17.7 Å². The topological polar surface area (TPSA) is 87.3 Å². The van der Waals surface area contributed by atoms with Crippen molar-refractivity contribution >= 4 is 34.8 Å². The number of benzene rings is 1. The van der Waals surface area contributed by atoms with Crippen LogP contribution in [-0.2, 0) is 14.4 Å². The SMILES string of the molecule is CC(C)C(=O)Nc1cc(NC(=O)C(C)C)cc(NC(=O)C(C)(C)C)c1. The standard InChI is InChI=1S/C19H29N3O3/c1-11(2)16(23)20-13-8-14(21-17(24)12(3)4)10-15(9-13)22-18(25)19(5,6)7/h8-12H,1-7H3,(H,20,23)(H,21,24)(H,22,25). The molecule has 0 saturated heterocycles. The van der Waals surface area contributed by atoms with Crippen LogP contribution < -0.4 is 16.0 Å². The van der Waals surface area contributed by atoms with Crippen molar-refractivity contribution in [3.05, 3.63) is 18.2 Å². The minimum atomic E-state index is -0.557. The minimum absolute atomic E-state index is 0.138. The zero-order valence-corrected chi connectivity index (χ0v) is 16.1. The summed E-state index contributed by atoms with van der Waals surface area (Å²) in [7, 11) is 0. The van der Waals surface area contributed by atoms with E-state index in [4.69, 9.17) is 0 Å². The number of rotatable bonds is 5. The van der Waals surface area contributed by atoms with Gasteiger partial charge in [-0.2, -0.15) is 0 Å². The highest BCUT2D eigenvalue weighted by Crippen LogP contribution is 2.26. The molecule has 0 aromatic heterocycles. The van der Waals surface area contributed by atoms with Gasteiger partial charge < -0.3 is 16.0 Å². The lowest BCUT2D eigenvalue weighted by atomic mass is 9.95. The zero-order chi connectivity index (χ0) is 19.4. The van der Waals surface area contributed by atoms with E-state index < -0.39 is 5.41 Å². The molecule has 0 fully saturated rings. The van der Waals surface area contributed by atoms with Crippen LogP contribution in [0.25, 0.3) is 0 Å². The molecule has 1 aromatic carbocycles. The molecule has 138 valence electrons. The Kier molecular flexibility index (Phi) is 6.73. The van der Waals surface area contributed by atoms with Crippen molar-refractivity contribution < 1.29 is 14.4 Å². The molecule has 0 unspecified atom stereocenters. The van der Waals surface area contributed by atoms with Crippen LogP contribution in [-0.4, -0.2) is 17.7 Å². The van der Waals surface area contributed by atoms with Crippen LogP contribution in [0, 0.1) is 17.3 Å². The van der Waals surface area contributed by atoms with Gasteiger partial charge in [0.25, 0.3) is 0 Å². The first-order chi connectivity index (χ1) is 11.4. The average Bonchev–Trinajstić information content (AvgIpc) is 2.45. The molecule has 0 spiro atoms. The zero-order valence-electron chi connectivity index (χ0n) is 16.1. The Balaban J connectivity index is 3.15. The molecule has 1 aromatic rings. The Morgan fingerprint density at radius 3 is 1.32 bits per heavy atom. The molecule has 0 bridgehead atoms. The molecular weight excluding hydrogens is 318 g/mol. The van der Waals surface area contributed by atoms with Crippen molar-refractivity contribution in [1.82, 2.24) is 0 Å². The Labute approximate surface area is 149 Å².